The van der Waals surface area contributed by atoms with E-state index in [0.717, 1.165) is 12.8 Å². The van der Waals surface area contributed by atoms with Crippen molar-refractivity contribution in [3.63, 3.8) is 0 Å². The lowest BCUT2D eigenvalue weighted by Crippen LogP contribution is -2.57. The first-order valence-corrected chi connectivity index (χ1v) is 15.7. The third kappa shape index (κ3) is 19.8. The number of carbonyl (C=O) groups is 3. The van der Waals surface area contributed by atoms with Crippen LogP contribution in [0, 0.1) is 17.8 Å². The van der Waals surface area contributed by atoms with E-state index in [2.05, 4.69) is 13.0 Å². The average Bonchev–Trinajstić information content (AvgIpc) is 2.87. The molecule has 7 heteroatoms. The topological polar surface area (TPSA) is 112 Å². The van der Waals surface area contributed by atoms with Gasteiger partial charge in [0.25, 0.3) is 0 Å². The number of rotatable bonds is 27. The number of quaternary nitrogens is 1. The zero-order valence-electron chi connectivity index (χ0n) is 25.5. The molecule has 3 unspecified atom stereocenters. The minimum absolute atomic E-state index is 0.143. The van der Waals surface area contributed by atoms with E-state index in [4.69, 9.17) is 0 Å². The van der Waals surface area contributed by atoms with Crippen LogP contribution >= 0.6 is 0 Å². The number of hydrogen-bond donors (Lipinski definition) is 3. The van der Waals surface area contributed by atoms with Crippen LogP contribution in [0.25, 0.3) is 0 Å². The van der Waals surface area contributed by atoms with Gasteiger partial charge < -0.3 is 19.8 Å². The van der Waals surface area contributed by atoms with Crippen molar-refractivity contribution in [2.24, 2.45) is 17.8 Å². The highest BCUT2D eigenvalue weighted by Crippen LogP contribution is 2.21. The quantitative estimate of drug-likeness (QED) is 0.0543. The Morgan fingerprint density at radius 1 is 0.538 bits per heavy atom. The minimum Gasteiger partial charge on any atom is -0.481 e. The zero-order chi connectivity index (χ0) is 29.5. The van der Waals surface area contributed by atoms with E-state index in [9.17, 15) is 29.7 Å². The van der Waals surface area contributed by atoms with Crippen LogP contribution in [0.15, 0.2) is 12.2 Å². The van der Waals surface area contributed by atoms with E-state index < -0.39 is 35.7 Å². The van der Waals surface area contributed by atoms with Crippen LogP contribution in [0.4, 0.5) is 0 Å². The lowest BCUT2D eigenvalue weighted by Gasteiger charge is -2.41. The Labute approximate surface area is 238 Å². The second-order valence-electron chi connectivity index (χ2n) is 12.0. The molecule has 0 fully saturated rings. The molecule has 3 atom stereocenters. The highest BCUT2D eigenvalue weighted by atomic mass is 16.4. The molecule has 0 saturated carbocycles. The van der Waals surface area contributed by atoms with Crippen molar-refractivity contribution < 1.29 is 34.2 Å². The van der Waals surface area contributed by atoms with Crippen molar-refractivity contribution in [2.45, 2.75) is 130 Å². The van der Waals surface area contributed by atoms with Crippen molar-refractivity contribution in [2.75, 3.05) is 26.2 Å². The Morgan fingerprint density at radius 3 is 1.15 bits per heavy atom. The predicted molar refractivity (Wildman–Crippen MR) is 159 cm³/mol. The molecule has 39 heavy (non-hydrogen) atoms. The summed E-state index contributed by atoms with van der Waals surface area (Å²) in [5.74, 6) is -4.96. The lowest BCUT2D eigenvalue weighted by molar-refractivity contribution is -0.928. The molecule has 0 aliphatic rings. The summed E-state index contributed by atoms with van der Waals surface area (Å²) in [5.41, 5.74) is 0. The molecule has 0 aromatic carbocycles. The summed E-state index contributed by atoms with van der Waals surface area (Å²) in [7, 11) is 0. The number of carboxylic acids is 3. The SMILES string of the molecule is CCCCCCCCCCCCCCCCC/C=C/C[N+](CC(C)C(=O)O)(CC(C)C(=O)O)CC(C)C(=O)O. The van der Waals surface area contributed by atoms with Gasteiger partial charge in [0.05, 0.1) is 26.2 Å². The van der Waals surface area contributed by atoms with Crippen molar-refractivity contribution in [1.29, 1.82) is 0 Å². The van der Waals surface area contributed by atoms with Gasteiger partial charge in [-0.3, -0.25) is 14.4 Å². The van der Waals surface area contributed by atoms with Crippen LogP contribution in [0.2, 0.25) is 0 Å². The number of allylic oxidation sites excluding steroid dienone is 1. The fourth-order valence-corrected chi connectivity index (χ4v) is 5.47. The molecule has 0 heterocycles. The molecule has 0 bridgehead atoms. The molecule has 228 valence electrons. The van der Waals surface area contributed by atoms with Gasteiger partial charge in [0.2, 0.25) is 0 Å². The highest BCUT2D eigenvalue weighted by molar-refractivity contribution is 5.70. The standard InChI is InChI=1S/C32H59NO6/c1-5-6-7-8-9-10-11-12-13-14-15-16-17-18-19-20-21-22-23-33(24-27(2)30(34)35,25-28(3)31(36)37)26-29(4)32(38)39/h21-22,27-29H,5-20,23-26H2,1-4H3,(H2-,34,35,36,37,38,39)/p+1/b22-21+. The lowest BCUT2D eigenvalue weighted by atomic mass is 10.0. The smallest absolute Gasteiger partial charge is 0.311 e. The number of nitrogens with zero attached hydrogens (tertiary/aromatic N) is 1. The maximum Gasteiger partial charge on any atom is 0.311 e. The van der Waals surface area contributed by atoms with Crippen LogP contribution in [0.5, 0.6) is 0 Å². The maximum absolute atomic E-state index is 11.6. The fourth-order valence-electron chi connectivity index (χ4n) is 5.47. The van der Waals surface area contributed by atoms with Gasteiger partial charge >= 0.3 is 17.9 Å². The minimum atomic E-state index is -0.953. The second-order valence-corrected chi connectivity index (χ2v) is 12.0. The van der Waals surface area contributed by atoms with E-state index >= 15 is 0 Å². The second kappa shape index (κ2) is 22.9. The molecule has 0 aliphatic heterocycles. The van der Waals surface area contributed by atoms with E-state index in [0.29, 0.717) is 6.54 Å². The Balaban J connectivity index is 4.44. The van der Waals surface area contributed by atoms with Gasteiger partial charge in [0.1, 0.15) is 17.8 Å². The number of unbranched alkanes of at least 4 members (excludes halogenated alkanes) is 15. The summed E-state index contributed by atoms with van der Waals surface area (Å²) < 4.78 is 0.143. The van der Waals surface area contributed by atoms with Gasteiger partial charge in [-0.05, 0) is 39.7 Å². The van der Waals surface area contributed by atoms with Gasteiger partial charge in [-0.2, -0.15) is 0 Å². The van der Waals surface area contributed by atoms with Crippen LogP contribution in [0.1, 0.15) is 130 Å². The van der Waals surface area contributed by atoms with Gasteiger partial charge in [-0.1, -0.05) is 103 Å². The van der Waals surface area contributed by atoms with Crippen molar-refractivity contribution in [3.8, 4) is 0 Å². The summed E-state index contributed by atoms with van der Waals surface area (Å²) in [6.07, 6.45) is 24.9. The average molecular weight is 555 g/mol. The largest absolute Gasteiger partial charge is 0.481 e. The molecule has 0 aromatic rings. The summed E-state index contributed by atoms with van der Waals surface area (Å²) in [6.45, 7) is 8.11. The summed E-state index contributed by atoms with van der Waals surface area (Å²) in [5, 5.41) is 28.5. The predicted octanol–water partition coefficient (Wildman–Crippen LogP) is 7.78. The first-order valence-electron chi connectivity index (χ1n) is 15.7. The maximum atomic E-state index is 11.6. The summed E-state index contributed by atoms with van der Waals surface area (Å²) >= 11 is 0. The van der Waals surface area contributed by atoms with Gasteiger partial charge in [0.15, 0.2) is 0 Å². The number of hydrogen-bond acceptors (Lipinski definition) is 3. The molecule has 0 rings (SSSR count). The number of aliphatic carboxylic acids is 3. The molecule has 0 aromatic heterocycles. The molecular weight excluding hydrogens is 494 g/mol. The van der Waals surface area contributed by atoms with E-state index in [1.165, 1.54) is 89.9 Å². The van der Waals surface area contributed by atoms with Crippen molar-refractivity contribution >= 4 is 17.9 Å². The molecular formula is C32H60NO6+. The normalized spacial score (nSPS) is 15.6. The van der Waals surface area contributed by atoms with E-state index in [-0.39, 0.29) is 24.1 Å². The van der Waals surface area contributed by atoms with Crippen LogP contribution in [0.3, 0.4) is 0 Å². The highest BCUT2D eigenvalue weighted by Gasteiger charge is 2.37. The first kappa shape index (κ1) is 37.1. The third-order valence-electron chi connectivity index (χ3n) is 7.88. The van der Waals surface area contributed by atoms with Crippen LogP contribution in [-0.4, -0.2) is 63.9 Å². The Morgan fingerprint density at radius 2 is 0.846 bits per heavy atom. The van der Waals surface area contributed by atoms with Gasteiger partial charge in [0, 0.05) is 0 Å². The molecule has 0 saturated heterocycles. The van der Waals surface area contributed by atoms with Crippen LogP contribution < -0.4 is 0 Å². The third-order valence-corrected chi connectivity index (χ3v) is 7.88. The van der Waals surface area contributed by atoms with E-state index in [1.807, 2.05) is 6.08 Å². The Bertz CT molecular complexity index is 637. The molecule has 0 aliphatic carbocycles. The number of carboxylic acid groups (broad SMARTS) is 3. The van der Waals surface area contributed by atoms with Gasteiger partial charge in [-0.25, -0.2) is 0 Å². The first-order chi connectivity index (χ1) is 18.5. The molecule has 0 radical (unpaired) electrons. The fraction of sp³-hybridized carbons (Fsp3) is 0.844. The Kier molecular flexibility index (Phi) is 21.8. The van der Waals surface area contributed by atoms with Gasteiger partial charge in [-0.15, -0.1) is 0 Å². The molecule has 0 amide bonds. The molecule has 7 nitrogen and oxygen atoms in total. The summed E-state index contributed by atoms with van der Waals surface area (Å²) in [4.78, 5) is 34.8. The molecule has 3 N–H and O–H groups in total. The molecule has 0 spiro atoms. The van der Waals surface area contributed by atoms with Crippen molar-refractivity contribution in [1.82, 2.24) is 0 Å². The van der Waals surface area contributed by atoms with E-state index in [1.54, 1.807) is 20.8 Å². The van der Waals surface area contributed by atoms with Crippen LogP contribution in [-0.2, 0) is 14.4 Å². The summed E-state index contributed by atoms with van der Waals surface area (Å²) in [6, 6.07) is 0. The van der Waals surface area contributed by atoms with Crippen molar-refractivity contribution in [3.05, 3.63) is 12.2 Å². The Hall–Kier alpha value is -1.89. The zero-order valence-corrected chi connectivity index (χ0v) is 25.5. The monoisotopic (exact) mass is 554 g/mol.